The lowest BCUT2D eigenvalue weighted by molar-refractivity contribution is 0.347. The van der Waals surface area contributed by atoms with Crippen LogP contribution in [0.2, 0.25) is 0 Å². The third kappa shape index (κ3) is 2.93. The van der Waals surface area contributed by atoms with E-state index in [1.54, 1.807) is 21.1 Å². The Morgan fingerprint density at radius 2 is 1.87 bits per heavy atom. The molecule has 0 N–H and O–H groups in total. The van der Waals surface area contributed by atoms with Crippen molar-refractivity contribution in [1.82, 2.24) is 14.1 Å². The molecule has 0 unspecified atom stereocenters. The van der Waals surface area contributed by atoms with Crippen molar-refractivity contribution in [2.45, 2.75) is 31.6 Å². The number of aryl methyl sites for hydroxylation is 2. The summed E-state index contributed by atoms with van der Waals surface area (Å²) in [7, 11) is -1.57. The highest BCUT2D eigenvalue weighted by atomic mass is 32.2. The Morgan fingerprint density at radius 3 is 2.43 bits per heavy atom. The summed E-state index contributed by atoms with van der Waals surface area (Å²) in [5.74, 6) is 0.149. The van der Waals surface area contributed by atoms with Gasteiger partial charge in [0.05, 0.1) is 11.1 Å². The molecule has 3 rings (SSSR count). The van der Waals surface area contributed by atoms with E-state index in [1.807, 2.05) is 38.5 Å². The van der Waals surface area contributed by atoms with Gasteiger partial charge < -0.3 is 0 Å². The van der Waals surface area contributed by atoms with Crippen LogP contribution in [0.25, 0.3) is 0 Å². The minimum absolute atomic E-state index is 0.124. The topological polar surface area (TPSA) is 55.2 Å². The van der Waals surface area contributed by atoms with E-state index in [4.69, 9.17) is 0 Å². The van der Waals surface area contributed by atoms with E-state index in [-0.39, 0.29) is 11.3 Å². The van der Waals surface area contributed by atoms with Crippen molar-refractivity contribution in [3.63, 3.8) is 0 Å². The van der Waals surface area contributed by atoms with Crippen LogP contribution in [0, 0.1) is 12.3 Å². The van der Waals surface area contributed by atoms with Gasteiger partial charge in [-0.15, -0.1) is 0 Å². The third-order valence-corrected chi connectivity index (χ3v) is 6.53. The molecule has 0 spiro atoms. The van der Waals surface area contributed by atoms with Crippen LogP contribution < -0.4 is 0 Å². The molecule has 1 aromatic heterocycles. The fourth-order valence-electron chi connectivity index (χ4n) is 3.30. The maximum Gasteiger partial charge on any atom is 0.243 e. The van der Waals surface area contributed by atoms with E-state index in [9.17, 15) is 8.42 Å². The number of nitrogens with zero attached hydrogens (tertiary/aromatic N) is 3. The fourth-order valence-corrected chi connectivity index (χ4v) is 4.93. The van der Waals surface area contributed by atoms with Gasteiger partial charge in [0.2, 0.25) is 10.0 Å². The van der Waals surface area contributed by atoms with Crippen LogP contribution in [0.4, 0.5) is 0 Å². The first kappa shape index (κ1) is 16.2. The van der Waals surface area contributed by atoms with Crippen molar-refractivity contribution < 1.29 is 8.42 Å². The molecule has 0 bridgehead atoms. The molecule has 23 heavy (non-hydrogen) atoms. The first-order valence-corrected chi connectivity index (χ1v) is 9.19. The van der Waals surface area contributed by atoms with Gasteiger partial charge in [0.25, 0.3) is 0 Å². The lowest BCUT2D eigenvalue weighted by atomic mass is 9.79. The van der Waals surface area contributed by atoms with Crippen molar-refractivity contribution >= 4 is 10.0 Å². The Kier molecular flexibility index (Phi) is 3.84. The lowest BCUT2D eigenvalue weighted by Gasteiger charge is -2.24. The van der Waals surface area contributed by atoms with E-state index in [2.05, 4.69) is 18.9 Å². The largest absolute Gasteiger partial charge is 0.276 e. The van der Waals surface area contributed by atoms with Crippen LogP contribution in [0.15, 0.2) is 41.6 Å². The smallest absolute Gasteiger partial charge is 0.243 e. The van der Waals surface area contributed by atoms with Crippen molar-refractivity contribution in [2.24, 2.45) is 12.5 Å². The fraction of sp³-hybridized carbons (Fsp3) is 0.471. The summed E-state index contributed by atoms with van der Waals surface area (Å²) in [4.78, 5) is 0.366. The molecule has 1 aliphatic heterocycles. The zero-order valence-electron chi connectivity index (χ0n) is 14.0. The number of hydrogen-bond donors (Lipinski definition) is 0. The molecule has 2 heterocycles. The number of hydrogen-bond acceptors (Lipinski definition) is 3. The second kappa shape index (κ2) is 5.46. The molecule has 0 saturated carbocycles. The molecule has 0 amide bonds. The lowest BCUT2D eigenvalue weighted by Crippen LogP contribution is -2.30. The predicted molar refractivity (Wildman–Crippen MR) is 89.7 cm³/mol. The highest BCUT2D eigenvalue weighted by Gasteiger charge is 2.45. The summed E-state index contributed by atoms with van der Waals surface area (Å²) in [5.41, 5.74) is 2.03. The van der Waals surface area contributed by atoms with Crippen LogP contribution >= 0.6 is 0 Å². The zero-order chi connectivity index (χ0) is 16.8. The van der Waals surface area contributed by atoms with Gasteiger partial charge in [0.15, 0.2) is 0 Å². The standard InChI is InChI=1S/C17H23N3O2S/c1-13-5-7-15(8-6-13)23(21,22)20-11-16(17(2,3)12-20)14-9-18-19(4)10-14/h5-10,16H,11-12H2,1-4H3/t16-/m0/s1. The quantitative estimate of drug-likeness (QED) is 0.867. The summed E-state index contributed by atoms with van der Waals surface area (Å²) < 4.78 is 29.2. The first-order valence-electron chi connectivity index (χ1n) is 7.75. The second-order valence-electron chi connectivity index (χ2n) is 7.10. The van der Waals surface area contributed by atoms with Gasteiger partial charge in [0.1, 0.15) is 0 Å². The molecular formula is C17H23N3O2S. The maximum absolute atomic E-state index is 12.9. The van der Waals surface area contributed by atoms with Crippen LogP contribution in [0.5, 0.6) is 0 Å². The van der Waals surface area contributed by atoms with Crippen LogP contribution in [0.1, 0.15) is 30.9 Å². The first-order chi connectivity index (χ1) is 10.7. The van der Waals surface area contributed by atoms with Crippen molar-refractivity contribution in [1.29, 1.82) is 0 Å². The molecule has 6 heteroatoms. The molecular weight excluding hydrogens is 310 g/mol. The van der Waals surface area contributed by atoms with E-state index in [0.29, 0.717) is 18.0 Å². The van der Waals surface area contributed by atoms with Crippen molar-refractivity contribution in [3.05, 3.63) is 47.8 Å². The minimum Gasteiger partial charge on any atom is -0.276 e. The molecule has 1 fully saturated rings. The molecule has 1 atom stereocenters. The Bertz CT molecular complexity index is 807. The minimum atomic E-state index is -3.45. The van der Waals surface area contributed by atoms with Gasteiger partial charge >= 0.3 is 0 Å². The molecule has 1 aliphatic rings. The predicted octanol–water partition coefficient (Wildman–Crippen LogP) is 2.54. The van der Waals surface area contributed by atoms with E-state index < -0.39 is 10.0 Å². The van der Waals surface area contributed by atoms with Gasteiger partial charge in [-0.2, -0.15) is 9.40 Å². The van der Waals surface area contributed by atoms with Gasteiger partial charge in [-0.1, -0.05) is 31.5 Å². The number of benzene rings is 1. The normalized spacial score (nSPS) is 21.7. The van der Waals surface area contributed by atoms with Crippen molar-refractivity contribution in [2.75, 3.05) is 13.1 Å². The van der Waals surface area contributed by atoms with Gasteiger partial charge in [0, 0.05) is 32.3 Å². The summed E-state index contributed by atoms with van der Waals surface area (Å²) in [5, 5.41) is 4.23. The molecule has 1 saturated heterocycles. The summed E-state index contributed by atoms with van der Waals surface area (Å²) in [6, 6.07) is 7.06. The highest BCUT2D eigenvalue weighted by Crippen LogP contribution is 2.43. The third-order valence-electron chi connectivity index (χ3n) is 4.70. The van der Waals surface area contributed by atoms with Gasteiger partial charge in [-0.05, 0) is 30.0 Å². The average Bonchev–Trinajstić information content (AvgIpc) is 3.02. The SMILES string of the molecule is Cc1ccc(S(=O)(=O)N2C[C@@H](c3cnn(C)c3)C(C)(C)C2)cc1. The molecule has 2 aromatic rings. The Balaban J connectivity index is 1.91. The van der Waals surface area contributed by atoms with Gasteiger partial charge in [-0.3, -0.25) is 4.68 Å². The number of sulfonamides is 1. The highest BCUT2D eigenvalue weighted by molar-refractivity contribution is 7.89. The van der Waals surface area contributed by atoms with E-state index in [0.717, 1.165) is 11.1 Å². The van der Waals surface area contributed by atoms with Crippen LogP contribution in [-0.2, 0) is 17.1 Å². The number of aromatic nitrogens is 2. The maximum atomic E-state index is 12.9. The van der Waals surface area contributed by atoms with E-state index in [1.165, 1.54) is 0 Å². The molecule has 124 valence electrons. The molecule has 5 nitrogen and oxygen atoms in total. The van der Waals surface area contributed by atoms with Gasteiger partial charge in [-0.25, -0.2) is 8.42 Å². The Hall–Kier alpha value is -1.66. The monoisotopic (exact) mass is 333 g/mol. The van der Waals surface area contributed by atoms with E-state index >= 15 is 0 Å². The number of rotatable bonds is 3. The molecule has 0 aliphatic carbocycles. The average molecular weight is 333 g/mol. The Morgan fingerprint density at radius 1 is 1.22 bits per heavy atom. The zero-order valence-corrected chi connectivity index (χ0v) is 14.8. The summed E-state index contributed by atoms with van der Waals surface area (Å²) in [6.45, 7) is 7.20. The molecule has 1 aromatic carbocycles. The van der Waals surface area contributed by atoms with Crippen LogP contribution in [-0.4, -0.2) is 35.6 Å². The molecule has 0 radical (unpaired) electrons. The second-order valence-corrected chi connectivity index (χ2v) is 9.04. The van der Waals surface area contributed by atoms with Crippen molar-refractivity contribution in [3.8, 4) is 0 Å². The van der Waals surface area contributed by atoms with Crippen LogP contribution in [0.3, 0.4) is 0 Å². The Labute approximate surface area is 138 Å². The summed E-state index contributed by atoms with van der Waals surface area (Å²) >= 11 is 0. The summed E-state index contributed by atoms with van der Waals surface area (Å²) in [6.07, 6.45) is 3.82.